The van der Waals surface area contributed by atoms with Crippen molar-refractivity contribution in [1.82, 2.24) is 9.97 Å². The molecule has 0 spiro atoms. The van der Waals surface area contributed by atoms with Crippen LogP contribution in [0.3, 0.4) is 0 Å². The first-order valence-electron chi connectivity index (χ1n) is 14.5. The largest absolute Gasteiger partial charge is 0.265 e. The fraction of sp³-hybridized carbons (Fsp3) is 0.0500. The molecule has 8 rings (SSSR count). The first-order chi connectivity index (χ1) is 20.8. The maximum absolute atomic E-state index is 4.57. The summed E-state index contributed by atoms with van der Waals surface area (Å²) in [5.74, 6) is 0. The van der Waals surface area contributed by atoms with E-state index in [4.69, 9.17) is 0 Å². The van der Waals surface area contributed by atoms with Crippen LogP contribution in [0.5, 0.6) is 0 Å². The summed E-state index contributed by atoms with van der Waals surface area (Å²) in [6.07, 6.45) is 11.9. The minimum Gasteiger partial charge on any atom is -0.265 e. The Balaban J connectivity index is 1.25. The summed E-state index contributed by atoms with van der Waals surface area (Å²) >= 11 is 0. The van der Waals surface area contributed by atoms with Crippen molar-refractivity contribution in [2.75, 3.05) is 0 Å². The maximum atomic E-state index is 4.57. The highest BCUT2D eigenvalue weighted by Crippen LogP contribution is 2.44. The number of allylic oxidation sites excluding steroid dienone is 1. The summed E-state index contributed by atoms with van der Waals surface area (Å²) in [7, 11) is 0. The molecular formula is C40H28N2. The van der Waals surface area contributed by atoms with Crippen LogP contribution in [-0.4, -0.2) is 9.97 Å². The van der Waals surface area contributed by atoms with Gasteiger partial charge in [-0.1, -0.05) is 103 Å². The van der Waals surface area contributed by atoms with Crippen molar-refractivity contribution in [3.05, 3.63) is 157 Å². The number of hydrogen-bond donors (Lipinski definition) is 0. The SMILES string of the molecule is C1=C(c2cncc(-c3ccncc3)c2)CCc2cc(-c3c4ccccc4c(-c4ccccc4)c4ccccc34)ccc21. The van der Waals surface area contributed by atoms with Gasteiger partial charge in [0.2, 0.25) is 0 Å². The van der Waals surface area contributed by atoms with E-state index in [0.717, 1.165) is 24.0 Å². The molecule has 7 aromatic rings. The molecular weight excluding hydrogens is 508 g/mol. The minimum absolute atomic E-state index is 0.992. The molecule has 0 atom stereocenters. The van der Waals surface area contributed by atoms with Crippen molar-refractivity contribution >= 4 is 33.2 Å². The van der Waals surface area contributed by atoms with Gasteiger partial charge in [-0.3, -0.25) is 9.97 Å². The van der Waals surface area contributed by atoms with Gasteiger partial charge in [0.25, 0.3) is 0 Å². The van der Waals surface area contributed by atoms with Gasteiger partial charge in [0, 0.05) is 30.4 Å². The van der Waals surface area contributed by atoms with Crippen LogP contribution in [0.2, 0.25) is 0 Å². The lowest BCUT2D eigenvalue weighted by atomic mass is 9.83. The molecule has 2 heterocycles. The lowest BCUT2D eigenvalue weighted by Crippen LogP contribution is -2.00. The molecule has 2 aromatic heterocycles. The van der Waals surface area contributed by atoms with E-state index < -0.39 is 0 Å². The lowest BCUT2D eigenvalue weighted by molar-refractivity contribution is 1.000. The van der Waals surface area contributed by atoms with Gasteiger partial charge in [0.05, 0.1) is 0 Å². The molecule has 198 valence electrons. The lowest BCUT2D eigenvalue weighted by Gasteiger charge is -2.21. The van der Waals surface area contributed by atoms with Gasteiger partial charge < -0.3 is 0 Å². The topological polar surface area (TPSA) is 25.8 Å². The molecule has 0 saturated carbocycles. The Morgan fingerprint density at radius 3 is 1.74 bits per heavy atom. The Morgan fingerprint density at radius 2 is 1.05 bits per heavy atom. The summed E-state index contributed by atoms with van der Waals surface area (Å²) in [5.41, 5.74) is 12.6. The molecule has 0 radical (unpaired) electrons. The first-order valence-corrected chi connectivity index (χ1v) is 14.5. The van der Waals surface area contributed by atoms with Crippen molar-refractivity contribution in [3.63, 3.8) is 0 Å². The minimum atomic E-state index is 0.992. The molecule has 2 nitrogen and oxygen atoms in total. The Bertz CT molecular complexity index is 2070. The summed E-state index contributed by atoms with van der Waals surface area (Å²) in [6, 6.07) is 41.9. The molecule has 1 aliphatic carbocycles. The van der Waals surface area contributed by atoms with Crippen LogP contribution in [-0.2, 0) is 6.42 Å². The smallest absolute Gasteiger partial charge is 0.0346 e. The Hall–Kier alpha value is -5.34. The van der Waals surface area contributed by atoms with Crippen molar-refractivity contribution in [1.29, 1.82) is 0 Å². The first kappa shape index (κ1) is 24.5. The van der Waals surface area contributed by atoms with E-state index in [1.165, 1.54) is 66.1 Å². The monoisotopic (exact) mass is 536 g/mol. The van der Waals surface area contributed by atoms with E-state index in [2.05, 4.69) is 119 Å². The summed E-state index contributed by atoms with van der Waals surface area (Å²) in [4.78, 5) is 8.73. The molecule has 2 heteroatoms. The molecule has 0 saturated heterocycles. The van der Waals surface area contributed by atoms with Gasteiger partial charge >= 0.3 is 0 Å². The summed E-state index contributed by atoms with van der Waals surface area (Å²) < 4.78 is 0. The van der Waals surface area contributed by atoms with Gasteiger partial charge in [0.15, 0.2) is 0 Å². The fourth-order valence-electron chi connectivity index (χ4n) is 6.55. The Morgan fingerprint density at radius 1 is 0.429 bits per heavy atom. The van der Waals surface area contributed by atoms with E-state index in [-0.39, 0.29) is 0 Å². The second kappa shape index (κ2) is 10.2. The highest BCUT2D eigenvalue weighted by Gasteiger charge is 2.19. The summed E-state index contributed by atoms with van der Waals surface area (Å²) in [5, 5.41) is 5.17. The van der Waals surface area contributed by atoms with Crippen molar-refractivity contribution in [2.45, 2.75) is 12.8 Å². The highest BCUT2D eigenvalue weighted by molar-refractivity contribution is 6.21. The molecule has 0 bridgehead atoms. The Kier molecular flexibility index (Phi) is 5.97. The fourth-order valence-corrected chi connectivity index (χ4v) is 6.55. The van der Waals surface area contributed by atoms with Crippen molar-refractivity contribution in [3.8, 4) is 33.4 Å². The van der Waals surface area contributed by atoms with E-state index in [1.54, 1.807) is 0 Å². The zero-order valence-corrected chi connectivity index (χ0v) is 23.2. The number of nitrogens with zero attached hydrogens (tertiary/aromatic N) is 2. The molecule has 5 aromatic carbocycles. The third-order valence-electron chi connectivity index (χ3n) is 8.54. The highest BCUT2D eigenvalue weighted by atomic mass is 14.6. The van der Waals surface area contributed by atoms with Crippen LogP contribution in [0.1, 0.15) is 23.1 Å². The molecule has 0 aliphatic heterocycles. The van der Waals surface area contributed by atoms with Gasteiger partial charge in [-0.15, -0.1) is 0 Å². The predicted molar refractivity (Wildman–Crippen MR) is 176 cm³/mol. The third kappa shape index (κ3) is 4.20. The number of hydrogen-bond acceptors (Lipinski definition) is 2. The van der Waals surface area contributed by atoms with E-state index in [1.807, 2.05) is 36.9 Å². The maximum Gasteiger partial charge on any atom is 0.0346 e. The number of fused-ring (bicyclic) bond motifs is 3. The molecule has 0 unspecified atom stereocenters. The van der Waals surface area contributed by atoms with E-state index in [0.29, 0.717) is 0 Å². The number of aromatic nitrogens is 2. The van der Waals surface area contributed by atoms with E-state index >= 15 is 0 Å². The zero-order chi connectivity index (χ0) is 27.9. The number of aryl methyl sites for hydroxylation is 1. The van der Waals surface area contributed by atoms with Crippen molar-refractivity contribution < 1.29 is 0 Å². The quantitative estimate of drug-likeness (QED) is 0.209. The van der Waals surface area contributed by atoms with Crippen LogP contribution in [0.15, 0.2) is 140 Å². The standard InChI is InChI=1S/C40H28N2/c1-2-8-28(9-3-1)39-35-10-4-6-12-37(35)40(38-13-7-5-11-36(38)39)32-17-16-29-22-31(15-14-30(29)23-32)34-24-33(25-42-26-34)27-18-20-41-21-19-27/h1-13,16-26H,14-15H2. The normalized spacial score (nSPS) is 12.7. The van der Waals surface area contributed by atoms with Crippen LogP contribution >= 0.6 is 0 Å². The van der Waals surface area contributed by atoms with Gasteiger partial charge in [-0.25, -0.2) is 0 Å². The van der Waals surface area contributed by atoms with E-state index in [9.17, 15) is 0 Å². The second-order valence-corrected chi connectivity index (χ2v) is 11.0. The Labute approximate surface area is 245 Å². The van der Waals surface area contributed by atoms with Crippen LogP contribution in [0, 0.1) is 0 Å². The number of pyridine rings is 2. The van der Waals surface area contributed by atoms with Crippen molar-refractivity contribution in [2.24, 2.45) is 0 Å². The second-order valence-electron chi connectivity index (χ2n) is 11.0. The average Bonchev–Trinajstić information content (AvgIpc) is 3.07. The van der Waals surface area contributed by atoms with Gasteiger partial charge in [0.1, 0.15) is 0 Å². The van der Waals surface area contributed by atoms with Crippen LogP contribution in [0.4, 0.5) is 0 Å². The number of rotatable bonds is 4. The van der Waals surface area contributed by atoms with Crippen LogP contribution < -0.4 is 0 Å². The number of benzene rings is 5. The molecule has 0 fully saturated rings. The average molecular weight is 537 g/mol. The van der Waals surface area contributed by atoms with Crippen LogP contribution in [0.25, 0.3) is 66.6 Å². The zero-order valence-electron chi connectivity index (χ0n) is 23.2. The third-order valence-corrected chi connectivity index (χ3v) is 8.54. The van der Waals surface area contributed by atoms with Gasteiger partial charge in [-0.2, -0.15) is 0 Å². The molecule has 0 amide bonds. The molecule has 0 N–H and O–H groups in total. The van der Waals surface area contributed by atoms with Gasteiger partial charge in [-0.05, 0) is 103 Å². The molecule has 42 heavy (non-hydrogen) atoms. The summed E-state index contributed by atoms with van der Waals surface area (Å²) in [6.45, 7) is 0. The molecule has 1 aliphatic rings. The predicted octanol–water partition coefficient (Wildman–Crippen LogP) is 10.3.